The molecule has 2 aromatic rings. The fraction of sp³-hybridized carbons (Fsp3) is 0.167. The van der Waals surface area contributed by atoms with E-state index in [9.17, 15) is 4.21 Å². The molecule has 2 heterocycles. The smallest absolute Gasteiger partial charge is 0.225 e. The van der Waals surface area contributed by atoms with Crippen molar-refractivity contribution in [2.45, 2.75) is 11.6 Å². The molecule has 0 N–H and O–H groups in total. The molecule has 1 aromatic carbocycles. The summed E-state index contributed by atoms with van der Waals surface area (Å²) in [6, 6.07) is 5.75. The molecule has 0 spiro atoms. The molecular formula is C12H10ClN3OS. The van der Waals surface area contributed by atoms with Crippen LogP contribution in [0.5, 0.6) is 0 Å². The molecule has 0 amide bonds. The van der Waals surface area contributed by atoms with Crippen molar-refractivity contribution in [3.05, 3.63) is 40.2 Å². The van der Waals surface area contributed by atoms with Crippen LogP contribution in [0.4, 0.5) is 0 Å². The van der Waals surface area contributed by atoms with E-state index in [0.29, 0.717) is 16.6 Å². The van der Waals surface area contributed by atoms with Crippen molar-refractivity contribution in [3.8, 4) is 0 Å². The number of hydrogen-bond acceptors (Lipinski definition) is 3. The van der Waals surface area contributed by atoms with Gasteiger partial charge in [-0.3, -0.25) is 8.78 Å². The second kappa shape index (κ2) is 4.33. The lowest BCUT2D eigenvalue weighted by molar-refractivity contribution is 0.677. The first-order valence-corrected chi connectivity index (χ1v) is 7.32. The highest BCUT2D eigenvalue weighted by Crippen LogP contribution is 2.24. The van der Waals surface area contributed by atoms with Gasteiger partial charge in [0.15, 0.2) is 0 Å². The van der Waals surface area contributed by atoms with Gasteiger partial charge in [-0.05, 0) is 29.3 Å². The molecule has 1 atom stereocenters. The summed E-state index contributed by atoms with van der Waals surface area (Å²) in [5, 5.41) is 9.23. The first-order chi connectivity index (χ1) is 8.65. The van der Waals surface area contributed by atoms with Gasteiger partial charge in [0.05, 0.1) is 10.8 Å². The molecule has 0 saturated carbocycles. The molecule has 1 aliphatic rings. The van der Waals surface area contributed by atoms with Crippen molar-refractivity contribution in [1.82, 2.24) is 14.8 Å². The molecule has 1 aliphatic heterocycles. The predicted molar refractivity (Wildman–Crippen MR) is 71.8 cm³/mol. The van der Waals surface area contributed by atoms with Crippen molar-refractivity contribution in [2.24, 2.45) is 0 Å². The molecular weight excluding hydrogens is 270 g/mol. The largest absolute Gasteiger partial charge is 0.279 e. The SMILES string of the molecule is CS(=O)c1nnc2n1C=Cc1ccc(Cl)cc1C2. The highest BCUT2D eigenvalue weighted by atomic mass is 35.5. The van der Waals surface area contributed by atoms with Gasteiger partial charge in [0, 0.05) is 23.9 Å². The van der Waals surface area contributed by atoms with Crippen LogP contribution in [0.25, 0.3) is 12.3 Å². The van der Waals surface area contributed by atoms with Gasteiger partial charge in [0.25, 0.3) is 0 Å². The van der Waals surface area contributed by atoms with Gasteiger partial charge < -0.3 is 0 Å². The predicted octanol–water partition coefficient (Wildman–Crippen LogP) is 2.20. The topological polar surface area (TPSA) is 47.8 Å². The van der Waals surface area contributed by atoms with Crippen molar-refractivity contribution >= 4 is 34.7 Å². The first-order valence-electron chi connectivity index (χ1n) is 5.39. The summed E-state index contributed by atoms with van der Waals surface area (Å²) in [5.74, 6) is 0.775. The van der Waals surface area contributed by atoms with Crippen molar-refractivity contribution in [3.63, 3.8) is 0 Å². The highest BCUT2D eigenvalue weighted by molar-refractivity contribution is 7.84. The lowest BCUT2D eigenvalue weighted by Gasteiger charge is -2.03. The van der Waals surface area contributed by atoms with Gasteiger partial charge in [0.1, 0.15) is 5.82 Å². The Hall–Kier alpha value is -1.46. The zero-order chi connectivity index (χ0) is 12.7. The van der Waals surface area contributed by atoms with E-state index in [1.165, 1.54) is 0 Å². The molecule has 0 radical (unpaired) electrons. The Morgan fingerprint density at radius 3 is 3.00 bits per heavy atom. The summed E-state index contributed by atoms with van der Waals surface area (Å²) in [5.41, 5.74) is 2.19. The average molecular weight is 280 g/mol. The van der Waals surface area contributed by atoms with E-state index in [-0.39, 0.29) is 0 Å². The molecule has 18 heavy (non-hydrogen) atoms. The Morgan fingerprint density at radius 1 is 1.39 bits per heavy atom. The maximum absolute atomic E-state index is 11.6. The van der Waals surface area contributed by atoms with E-state index in [1.54, 1.807) is 10.8 Å². The number of aromatic nitrogens is 3. The van der Waals surface area contributed by atoms with Crippen LogP contribution < -0.4 is 0 Å². The van der Waals surface area contributed by atoms with E-state index in [2.05, 4.69) is 10.2 Å². The summed E-state index contributed by atoms with van der Waals surface area (Å²) in [7, 11) is -1.15. The maximum Gasteiger partial charge on any atom is 0.225 e. The number of fused-ring (bicyclic) bond motifs is 2. The van der Waals surface area contributed by atoms with E-state index in [0.717, 1.165) is 17.0 Å². The van der Waals surface area contributed by atoms with Crippen LogP contribution in [0, 0.1) is 0 Å². The summed E-state index contributed by atoms with van der Waals surface area (Å²) >= 11 is 6.00. The molecule has 3 rings (SSSR count). The van der Waals surface area contributed by atoms with E-state index in [1.807, 2.05) is 30.5 Å². The van der Waals surface area contributed by atoms with Crippen LogP contribution >= 0.6 is 11.6 Å². The Balaban J connectivity index is 2.15. The quantitative estimate of drug-likeness (QED) is 0.686. The van der Waals surface area contributed by atoms with Crippen molar-refractivity contribution in [2.75, 3.05) is 6.26 Å². The standard InChI is InChI=1S/C12H10ClN3OS/c1-18(17)12-15-14-11-7-9-6-10(13)3-2-8(9)4-5-16(11)12/h2-6H,7H2,1H3. The molecule has 92 valence electrons. The highest BCUT2D eigenvalue weighted by Gasteiger charge is 2.17. The molecule has 6 heteroatoms. The monoisotopic (exact) mass is 279 g/mol. The third kappa shape index (κ3) is 1.89. The molecule has 0 fully saturated rings. The van der Waals surface area contributed by atoms with Gasteiger partial charge >= 0.3 is 0 Å². The van der Waals surface area contributed by atoms with Gasteiger partial charge in [0.2, 0.25) is 5.16 Å². The molecule has 1 aromatic heterocycles. The fourth-order valence-electron chi connectivity index (χ4n) is 1.99. The number of nitrogens with zero attached hydrogens (tertiary/aromatic N) is 3. The zero-order valence-corrected chi connectivity index (χ0v) is 11.2. The number of rotatable bonds is 1. The second-order valence-electron chi connectivity index (χ2n) is 4.06. The Bertz CT molecular complexity index is 678. The number of halogens is 1. The minimum atomic E-state index is -1.15. The van der Waals surface area contributed by atoms with Gasteiger partial charge in [-0.1, -0.05) is 17.7 Å². The molecule has 1 unspecified atom stereocenters. The molecule has 0 aliphatic carbocycles. The normalized spacial score (nSPS) is 14.8. The summed E-state index contributed by atoms with van der Waals surface area (Å²) in [6.07, 6.45) is 6.04. The summed E-state index contributed by atoms with van der Waals surface area (Å²) in [6.45, 7) is 0. The van der Waals surface area contributed by atoms with Crippen LogP contribution in [-0.2, 0) is 17.2 Å². The third-order valence-corrected chi connectivity index (χ3v) is 3.88. The maximum atomic E-state index is 11.6. The summed E-state index contributed by atoms with van der Waals surface area (Å²) < 4.78 is 13.3. The molecule has 0 bridgehead atoms. The molecule has 4 nitrogen and oxygen atoms in total. The van der Waals surface area contributed by atoms with E-state index < -0.39 is 10.8 Å². The van der Waals surface area contributed by atoms with Crippen LogP contribution in [0.1, 0.15) is 17.0 Å². The third-order valence-electron chi connectivity index (χ3n) is 2.85. The number of benzene rings is 1. The van der Waals surface area contributed by atoms with E-state index in [4.69, 9.17) is 11.6 Å². The van der Waals surface area contributed by atoms with Crippen LogP contribution in [0.15, 0.2) is 23.4 Å². The lowest BCUT2D eigenvalue weighted by atomic mass is 10.1. The zero-order valence-electron chi connectivity index (χ0n) is 9.63. The average Bonchev–Trinajstić information content (AvgIpc) is 2.63. The fourth-order valence-corrected chi connectivity index (χ4v) is 2.78. The van der Waals surface area contributed by atoms with Crippen molar-refractivity contribution in [1.29, 1.82) is 0 Å². The van der Waals surface area contributed by atoms with Gasteiger partial charge in [-0.15, -0.1) is 10.2 Å². The first kappa shape index (κ1) is 11.6. The van der Waals surface area contributed by atoms with Crippen LogP contribution in [0.3, 0.4) is 0 Å². The number of hydrogen-bond donors (Lipinski definition) is 0. The van der Waals surface area contributed by atoms with E-state index >= 15 is 0 Å². The summed E-state index contributed by atoms with van der Waals surface area (Å²) in [4.78, 5) is 0. The Kier molecular flexibility index (Phi) is 2.80. The lowest BCUT2D eigenvalue weighted by Crippen LogP contribution is -2.01. The Labute approximate surface area is 112 Å². The minimum absolute atomic E-state index is 0.472. The van der Waals surface area contributed by atoms with Gasteiger partial charge in [-0.25, -0.2) is 0 Å². The molecule has 0 saturated heterocycles. The van der Waals surface area contributed by atoms with Crippen molar-refractivity contribution < 1.29 is 4.21 Å². The second-order valence-corrected chi connectivity index (χ2v) is 5.77. The minimum Gasteiger partial charge on any atom is -0.279 e. The Morgan fingerprint density at radius 2 is 2.22 bits per heavy atom. The van der Waals surface area contributed by atoms with Crippen LogP contribution in [0.2, 0.25) is 5.02 Å². The van der Waals surface area contributed by atoms with Gasteiger partial charge in [-0.2, -0.15) is 0 Å². The van der Waals surface area contributed by atoms with Crippen LogP contribution in [-0.4, -0.2) is 25.2 Å².